The molecular weight excluding hydrogens is 242 g/mol. The Balaban J connectivity index is 2.15. The SMILES string of the molecule is CCCC(Nc1ccccc1)c1ccc(Cl)cc1. The first-order chi connectivity index (χ1) is 8.79. The average molecular weight is 260 g/mol. The number of hydrogen-bond acceptors (Lipinski definition) is 1. The summed E-state index contributed by atoms with van der Waals surface area (Å²) < 4.78 is 0. The fourth-order valence-corrected chi connectivity index (χ4v) is 2.17. The van der Waals surface area contributed by atoms with Gasteiger partial charge in [-0.1, -0.05) is 55.3 Å². The smallest absolute Gasteiger partial charge is 0.0513 e. The predicted octanol–water partition coefficient (Wildman–Crippen LogP) is 5.29. The van der Waals surface area contributed by atoms with Crippen molar-refractivity contribution in [3.63, 3.8) is 0 Å². The van der Waals surface area contributed by atoms with Gasteiger partial charge in [0.15, 0.2) is 0 Å². The lowest BCUT2D eigenvalue weighted by Crippen LogP contribution is -2.10. The van der Waals surface area contributed by atoms with Crippen molar-refractivity contribution in [2.45, 2.75) is 25.8 Å². The fourth-order valence-electron chi connectivity index (χ4n) is 2.04. The summed E-state index contributed by atoms with van der Waals surface area (Å²) in [6.07, 6.45) is 2.25. The van der Waals surface area contributed by atoms with Gasteiger partial charge in [-0.25, -0.2) is 0 Å². The molecule has 1 nitrogen and oxygen atoms in total. The second-order valence-electron chi connectivity index (χ2n) is 4.40. The van der Waals surface area contributed by atoms with E-state index in [0.29, 0.717) is 6.04 Å². The molecule has 0 heterocycles. The molecule has 2 rings (SSSR count). The number of anilines is 1. The van der Waals surface area contributed by atoms with Crippen molar-refractivity contribution in [1.82, 2.24) is 0 Å². The Bertz CT molecular complexity index is 464. The summed E-state index contributed by atoms with van der Waals surface area (Å²) in [5, 5.41) is 4.36. The van der Waals surface area contributed by atoms with Crippen LogP contribution in [0.5, 0.6) is 0 Å². The molecule has 0 saturated carbocycles. The molecule has 0 spiro atoms. The van der Waals surface area contributed by atoms with E-state index in [1.807, 2.05) is 30.3 Å². The van der Waals surface area contributed by atoms with E-state index >= 15 is 0 Å². The van der Waals surface area contributed by atoms with E-state index in [2.05, 4.69) is 36.5 Å². The second kappa shape index (κ2) is 6.46. The van der Waals surface area contributed by atoms with Gasteiger partial charge in [0.25, 0.3) is 0 Å². The molecule has 0 amide bonds. The van der Waals surface area contributed by atoms with Crippen LogP contribution in [0.4, 0.5) is 5.69 Å². The van der Waals surface area contributed by atoms with Crippen molar-refractivity contribution in [3.05, 3.63) is 65.2 Å². The van der Waals surface area contributed by atoms with E-state index in [1.165, 1.54) is 5.56 Å². The monoisotopic (exact) mass is 259 g/mol. The minimum Gasteiger partial charge on any atom is -0.378 e. The molecule has 2 heteroatoms. The lowest BCUT2D eigenvalue weighted by Gasteiger charge is -2.20. The van der Waals surface area contributed by atoms with Gasteiger partial charge in [0.2, 0.25) is 0 Å². The minimum absolute atomic E-state index is 0.342. The van der Waals surface area contributed by atoms with Gasteiger partial charge in [-0.2, -0.15) is 0 Å². The van der Waals surface area contributed by atoms with Crippen molar-refractivity contribution >= 4 is 17.3 Å². The predicted molar refractivity (Wildman–Crippen MR) is 79.2 cm³/mol. The molecule has 0 bridgehead atoms. The van der Waals surface area contributed by atoms with E-state index in [0.717, 1.165) is 23.6 Å². The largest absolute Gasteiger partial charge is 0.378 e. The average Bonchev–Trinajstić information content (AvgIpc) is 2.40. The molecule has 1 atom stereocenters. The summed E-state index contributed by atoms with van der Waals surface area (Å²) in [5.74, 6) is 0. The third-order valence-corrected chi connectivity index (χ3v) is 3.22. The van der Waals surface area contributed by atoms with Crippen LogP contribution in [0.1, 0.15) is 31.4 Å². The first-order valence-corrected chi connectivity index (χ1v) is 6.74. The van der Waals surface area contributed by atoms with Gasteiger partial charge in [0, 0.05) is 10.7 Å². The van der Waals surface area contributed by atoms with E-state index in [-0.39, 0.29) is 0 Å². The summed E-state index contributed by atoms with van der Waals surface area (Å²) in [7, 11) is 0. The van der Waals surface area contributed by atoms with E-state index in [4.69, 9.17) is 11.6 Å². The maximum absolute atomic E-state index is 5.93. The van der Waals surface area contributed by atoms with Crippen LogP contribution in [0.25, 0.3) is 0 Å². The molecular formula is C16H18ClN. The van der Waals surface area contributed by atoms with Crippen molar-refractivity contribution in [3.8, 4) is 0 Å². The molecule has 0 aliphatic rings. The standard InChI is InChI=1S/C16H18ClN/c1-2-6-16(13-9-11-14(17)12-10-13)18-15-7-4-3-5-8-15/h3-5,7-12,16,18H,2,6H2,1H3. The number of para-hydroxylation sites is 1. The lowest BCUT2D eigenvalue weighted by molar-refractivity contribution is 0.677. The summed E-state index contributed by atoms with van der Waals surface area (Å²) in [6.45, 7) is 2.20. The molecule has 0 radical (unpaired) electrons. The van der Waals surface area contributed by atoms with Gasteiger partial charge in [-0.3, -0.25) is 0 Å². The van der Waals surface area contributed by atoms with Crippen LogP contribution >= 0.6 is 11.6 Å². The van der Waals surface area contributed by atoms with Gasteiger partial charge in [0.1, 0.15) is 0 Å². The van der Waals surface area contributed by atoms with Crippen LogP contribution in [-0.2, 0) is 0 Å². The number of halogens is 1. The van der Waals surface area contributed by atoms with Crippen LogP contribution in [0, 0.1) is 0 Å². The first-order valence-electron chi connectivity index (χ1n) is 6.36. The maximum Gasteiger partial charge on any atom is 0.0513 e. The van der Waals surface area contributed by atoms with Gasteiger partial charge in [-0.05, 0) is 36.2 Å². The van der Waals surface area contributed by atoms with Crippen LogP contribution in [0.3, 0.4) is 0 Å². The first kappa shape index (κ1) is 13.0. The molecule has 0 aliphatic heterocycles. The quantitative estimate of drug-likeness (QED) is 0.769. The molecule has 1 unspecified atom stereocenters. The van der Waals surface area contributed by atoms with Crippen LogP contribution in [0.15, 0.2) is 54.6 Å². The second-order valence-corrected chi connectivity index (χ2v) is 4.84. The van der Waals surface area contributed by atoms with Crippen molar-refractivity contribution in [2.75, 3.05) is 5.32 Å². The number of rotatable bonds is 5. The highest BCUT2D eigenvalue weighted by atomic mass is 35.5. The summed E-state index contributed by atoms with van der Waals surface area (Å²) >= 11 is 5.93. The molecule has 18 heavy (non-hydrogen) atoms. The lowest BCUT2D eigenvalue weighted by atomic mass is 10.0. The van der Waals surface area contributed by atoms with Gasteiger partial charge >= 0.3 is 0 Å². The van der Waals surface area contributed by atoms with Gasteiger partial charge in [-0.15, -0.1) is 0 Å². The number of hydrogen-bond donors (Lipinski definition) is 1. The third kappa shape index (κ3) is 3.51. The highest BCUT2D eigenvalue weighted by Crippen LogP contribution is 2.25. The topological polar surface area (TPSA) is 12.0 Å². The highest BCUT2D eigenvalue weighted by molar-refractivity contribution is 6.30. The molecule has 1 N–H and O–H groups in total. The van der Waals surface area contributed by atoms with Crippen molar-refractivity contribution in [2.24, 2.45) is 0 Å². The van der Waals surface area contributed by atoms with Gasteiger partial charge in [0.05, 0.1) is 6.04 Å². The van der Waals surface area contributed by atoms with E-state index in [1.54, 1.807) is 0 Å². The highest BCUT2D eigenvalue weighted by Gasteiger charge is 2.09. The Labute approximate surface area is 114 Å². The Morgan fingerprint density at radius 3 is 2.28 bits per heavy atom. The zero-order valence-electron chi connectivity index (χ0n) is 10.6. The van der Waals surface area contributed by atoms with E-state index in [9.17, 15) is 0 Å². The minimum atomic E-state index is 0.342. The Hall–Kier alpha value is -1.47. The zero-order chi connectivity index (χ0) is 12.8. The maximum atomic E-state index is 5.93. The summed E-state index contributed by atoms with van der Waals surface area (Å²) in [5.41, 5.74) is 2.44. The molecule has 0 aliphatic carbocycles. The van der Waals surface area contributed by atoms with Crippen molar-refractivity contribution < 1.29 is 0 Å². The van der Waals surface area contributed by atoms with Gasteiger partial charge < -0.3 is 5.32 Å². The van der Waals surface area contributed by atoms with Crippen molar-refractivity contribution in [1.29, 1.82) is 0 Å². The Morgan fingerprint density at radius 1 is 1.00 bits per heavy atom. The molecule has 0 aromatic heterocycles. The van der Waals surface area contributed by atoms with E-state index < -0.39 is 0 Å². The number of nitrogens with one attached hydrogen (secondary N) is 1. The Morgan fingerprint density at radius 2 is 1.67 bits per heavy atom. The zero-order valence-corrected chi connectivity index (χ0v) is 11.3. The van der Waals surface area contributed by atoms with Crippen LogP contribution < -0.4 is 5.32 Å². The normalized spacial score (nSPS) is 12.1. The summed E-state index contributed by atoms with van der Waals surface area (Å²) in [6, 6.07) is 18.8. The van der Waals surface area contributed by atoms with Crippen LogP contribution in [-0.4, -0.2) is 0 Å². The molecule has 0 fully saturated rings. The Kier molecular flexibility index (Phi) is 4.66. The molecule has 0 saturated heterocycles. The molecule has 2 aromatic rings. The molecule has 2 aromatic carbocycles. The summed E-state index contributed by atoms with van der Waals surface area (Å²) in [4.78, 5) is 0. The number of benzene rings is 2. The third-order valence-electron chi connectivity index (χ3n) is 2.96. The van der Waals surface area contributed by atoms with Crippen LogP contribution in [0.2, 0.25) is 5.02 Å². The molecule has 94 valence electrons. The fraction of sp³-hybridized carbons (Fsp3) is 0.250.